The van der Waals surface area contributed by atoms with Crippen molar-refractivity contribution in [3.05, 3.63) is 52.7 Å². The molecule has 0 atom stereocenters. The van der Waals surface area contributed by atoms with Crippen LogP contribution in [0.3, 0.4) is 0 Å². The average molecular weight is 240 g/mol. The molecule has 0 fully saturated rings. The van der Waals surface area contributed by atoms with Crippen molar-refractivity contribution < 1.29 is 0 Å². The maximum absolute atomic E-state index is 5.73. The first-order valence-electron chi connectivity index (χ1n) is 5.51. The summed E-state index contributed by atoms with van der Waals surface area (Å²) in [5.74, 6) is 0. The minimum Gasteiger partial charge on any atom is -0.326 e. The van der Waals surface area contributed by atoms with Gasteiger partial charge in [-0.3, -0.25) is 0 Å². The fourth-order valence-corrected chi connectivity index (χ4v) is 2.71. The number of hydrogen-bond acceptors (Lipinski definition) is 3. The highest BCUT2D eigenvalue weighted by Crippen LogP contribution is 2.27. The van der Waals surface area contributed by atoms with Crippen molar-refractivity contribution in [3.63, 3.8) is 0 Å². The number of nitrogens with zero attached hydrogens (tertiary/aromatic N) is 1. The van der Waals surface area contributed by atoms with Crippen molar-refractivity contribution in [1.29, 1.82) is 0 Å². The summed E-state index contributed by atoms with van der Waals surface area (Å²) < 4.78 is 0. The molecule has 2 nitrogen and oxygen atoms in total. The summed E-state index contributed by atoms with van der Waals surface area (Å²) in [6.07, 6.45) is 0. The Kier molecular flexibility index (Phi) is 2.63. The standard InChI is InChI=1S/C14H12N2S/c15-9-14-11(7-8-17-14)13-6-5-10-3-1-2-4-12(10)16-13/h1-8H,9,15H2. The van der Waals surface area contributed by atoms with Crippen molar-refractivity contribution in [2.24, 2.45) is 5.73 Å². The molecule has 3 heteroatoms. The van der Waals surface area contributed by atoms with Crippen molar-refractivity contribution in [2.45, 2.75) is 6.54 Å². The molecular formula is C14H12N2S. The van der Waals surface area contributed by atoms with E-state index in [2.05, 4.69) is 34.6 Å². The van der Waals surface area contributed by atoms with Gasteiger partial charge in [0.05, 0.1) is 11.2 Å². The Morgan fingerprint density at radius 3 is 2.82 bits per heavy atom. The van der Waals surface area contributed by atoms with Crippen molar-refractivity contribution in [1.82, 2.24) is 4.98 Å². The third kappa shape index (κ3) is 1.84. The summed E-state index contributed by atoms with van der Waals surface area (Å²) in [5, 5.41) is 3.23. The van der Waals surface area contributed by atoms with Crippen LogP contribution in [0.1, 0.15) is 4.88 Å². The van der Waals surface area contributed by atoms with Crippen LogP contribution in [0, 0.1) is 0 Å². The molecule has 3 aromatic rings. The quantitative estimate of drug-likeness (QED) is 0.745. The van der Waals surface area contributed by atoms with E-state index in [1.807, 2.05) is 18.2 Å². The van der Waals surface area contributed by atoms with Crippen molar-refractivity contribution in [2.75, 3.05) is 0 Å². The topological polar surface area (TPSA) is 38.9 Å². The number of hydrogen-bond donors (Lipinski definition) is 1. The Bertz CT molecular complexity index is 658. The molecule has 17 heavy (non-hydrogen) atoms. The fraction of sp³-hybridized carbons (Fsp3) is 0.0714. The van der Waals surface area contributed by atoms with Gasteiger partial charge in [0, 0.05) is 22.4 Å². The Balaban J connectivity index is 2.18. The zero-order valence-electron chi connectivity index (χ0n) is 9.26. The molecule has 2 heterocycles. The van der Waals surface area contributed by atoms with E-state index in [0.29, 0.717) is 6.54 Å². The number of benzene rings is 1. The molecule has 0 bridgehead atoms. The Morgan fingerprint density at radius 1 is 1.06 bits per heavy atom. The highest BCUT2D eigenvalue weighted by atomic mass is 32.1. The van der Waals surface area contributed by atoms with E-state index >= 15 is 0 Å². The fourth-order valence-electron chi connectivity index (χ4n) is 1.94. The van der Waals surface area contributed by atoms with E-state index in [4.69, 9.17) is 5.73 Å². The van der Waals surface area contributed by atoms with E-state index < -0.39 is 0 Å². The average Bonchev–Trinajstić information content (AvgIpc) is 2.86. The van der Waals surface area contributed by atoms with Crippen LogP contribution in [0.25, 0.3) is 22.2 Å². The first kappa shape index (κ1) is 10.4. The maximum Gasteiger partial charge on any atom is 0.0721 e. The minimum absolute atomic E-state index is 0.571. The third-order valence-corrected chi connectivity index (χ3v) is 3.75. The lowest BCUT2D eigenvalue weighted by atomic mass is 10.1. The van der Waals surface area contributed by atoms with Crippen LogP contribution in [-0.2, 0) is 6.54 Å². The van der Waals surface area contributed by atoms with Crippen LogP contribution in [0.15, 0.2) is 47.8 Å². The van der Waals surface area contributed by atoms with Gasteiger partial charge in [0.25, 0.3) is 0 Å². The second-order valence-electron chi connectivity index (χ2n) is 3.85. The van der Waals surface area contributed by atoms with Gasteiger partial charge in [-0.2, -0.15) is 0 Å². The zero-order chi connectivity index (χ0) is 11.7. The lowest BCUT2D eigenvalue weighted by Gasteiger charge is -2.03. The molecule has 0 aliphatic heterocycles. The van der Waals surface area contributed by atoms with Gasteiger partial charge in [-0.15, -0.1) is 11.3 Å². The minimum atomic E-state index is 0.571. The van der Waals surface area contributed by atoms with Gasteiger partial charge in [0.1, 0.15) is 0 Å². The first-order chi connectivity index (χ1) is 8.38. The monoisotopic (exact) mass is 240 g/mol. The summed E-state index contributed by atoms with van der Waals surface area (Å²) in [7, 11) is 0. The van der Waals surface area contributed by atoms with E-state index in [0.717, 1.165) is 16.8 Å². The van der Waals surface area contributed by atoms with Crippen LogP contribution < -0.4 is 5.73 Å². The molecule has 3 rings (SSSR count). The van der Waals surface area contributed by atoms with E-state index in [9.17, 15) is 0 Å². The lowest BCUT2D eigenvalue weighted by Crippen LogP contribution is -1.95. The molecule has 0 amide bonds. The van der Waals surface area contributed by atoms with Crippen LogP contribution >= 0.6 is 11.3 Å². The molecule has 0 aliphatic rings. The van der Waals surface area contributed by atoms with Gasteiger partial charge in [0.2, 0.25) is 0 Å². The van der Waals surface area contributed by atoms with Crippen LogP contribution in [0.2, 0.25) is 0 Å². The van der Waals surface area contributed by atoms with E-state index in [1.54, 1.807) is 11.3 Å². The summed E-state index contributed by atoms with van der Waals surface area (Å²) in [6, 6.07) is 14.4. The van der Waals surface area contributed by atoms with Gasteiger partial charge >= 0.3 is 0 Å². The highest BCUT2D eigenvalue weighted by molar-refractivity contribution is 7.10. The molecule has 0 spiro atoms. The van der Waals surface area contributed by atoms with E-state index in [1.165, 1.54) is 10.3 Å². The summed E-state index contributed by atoms with van der Waals surface area (Å²) in [5.41, 5.74) is 8.92. The molecule has 0 saturated heterocycles. The Labute approximate surface area is 104 Å². The predicted octanol–water partition coefficient (Wildman–Crippen LogP) is 3.42. The largest absolute Gasteiger partial charge is 0.326 e. The van der Waals surface area contributed by atoms with Gasteiger partial charge in [-0.05, 0) is 23.6 Å². The van der Waals surface area contributed by atoms with Crippen LogP contribution in [0.4, 0.5) is 0 Å². The molecule has 0 unspecified atom stereocenters. The molecule has 0 saturated carbocycles. The maximum atomic E-state index is 5.73. The lowest BCUT2D eigenvalue weighted by molar-refractivity contribution is 1.11. The van der Waals surface area contributed by atoms with Gasteiger partial charge < -0.3 is 5.73 Å². The Hall–Kier alpha value is -1.71. The number of para-hydroxylation sites is 1. The number of thiophene rings is 1. The summed E-state index contributed by atoms with van der Waals surface area (Å²) >= 11 is 1.68. The summed E-state index contributed by atoms with van der Waals surface area (Å²) in [4.78, 5) is 5.87. The van der Waals surface area contributed by atoms with Crippen molar-refractivity contribution in [3.8, 4) is 11.3 Å². The highest BCUT2D eigenvalue weighted by Gasteiger charge is 2.07. The second kappa shape index (κ2) is 4.28. The molecule has 1 aromatic carbocycles. The number of nitrogens with two attached hydrogens (primary N) is 1. The van der Waals surface area contributed by atoms with Gasteiger partial charge in [0.15, 0.2) is 0 Å². The first-order valence-corrected chi connectivity index (χ1v) is 6.39. The van der Waals surface area contributed by atoms with E-state index in [-0.39, 0.29) is 0 Å². The summed E-state index contributed by atoms with van der Waals surface area (Å²) in [6.45, 7) is 0.571. The molecule has 84 valence electrons. The number of rotatable bonds is 2. The molecule has 0 aliphatic carbocycles. The number of fused-ring (bicyclic) bond motifs is 1. The van der Waals surface area contributed by atoms with Crippen LogP contribution in [-0.4, -0.2) is 4.98 Å². The number of pyridine rings is 1. The van der Waals surface area contributed by atoms with Gasteiger partial charge in [-0.25, -0.2) is 4.98 Å². The predicted molar refractivity (Wildman–Crippen MR) is 72.9 cm³/mol. The molecule has 0 radical (unpaired) electrons. The Morgan fingerprint density at radius 2 is 1.94 bits per heavy atom. The van der Waals surface area contributed by atoms with Crippen molar-refractivity contribution >= 4 is 22.2 Å². The SMILES string of the molecule is NCc1sccc1-c1ccc2ccccc2n1. The third-order valence-electron chi connectivity index (χ3n) is 2.81. The molecular weight excluding hydrogens is 228 g/mol. The zero-order valence-corrected chi connectivity index (χ0v) is 10.1. The van der Waals surface area contributed by atoms with Crippen LogP contribution in [0.5, 0.6) is 0 Å². The van der Waals surface area contributed by atoms with Gasteiger partial charge in [-0.1, -0.05) is 24.3 Å². The number of aromatic nitrogens is 1. The smallest absolute Gasteiger partial charge is 0.0721 e. The normalized spacial score (nSPS) is 10.9. The molecule has 2 aromatic heterocycles. The second-order valence-corrected chi connectivity index (χ2v) is 4.85. The molecule has 2 N–H and O–H groups in total.